The minimum absolute atomic E-state index is 0.296. The Labute approximate surface area is 179 Å². The summed E-state index contributed by atoms with van der Waals surface area (Å²) < 4.78 is 21.0. The second-order valence-corrected chi connectivity index (χ2v) is 9.52. The number of piperidine rings is 1. The smallest absolute Gasteiger partial charge is 0.337 e. The molecule has 1 atom stereocenters. The number of carboxylic acid groups (broad SMARTS) is 1. The van der Waals surface area contributed by atoms with Gasteiger partial charge in [0.25, 0.3) is 0 Å². The Kier molecular flexibility index (Phi) is 6.39. The van der Waals surface area contributed by atoms with E-state index in [2.05, 4.69) is 9.62 Å². The Balaban J connectivity index is 1.33. The number of carboxylic acids is 1. The van der Waals surface area contributed by atoms with Gasteiger partial charge in [0.2, 0.25) is 0 Å². The lowest BCUT2D eigenvalue weighted by molar-refractivity contribution is 0.0697. The molecular formula is C23H28N2O4S. The van der Waals surface area contributed by atoms with E-state index in [1.54, 1.807) is 12.1 Å². The van der Waals surface area contributed by atoms with Crippen molar-refractivity contribution in [1.82, 2.24) is 0 Å². The van der Waals surface area contributed by atoms with Crippen LogP contribution in [0.3, 0.4) is 0 Å². The number of anilines is 2. The van der Waals surface area contributed by atoms with Crippen LogP contribution in [-0.4, -0.2) is 40.7 Å². The molecule has 1 saturated heterocycles. The molecule has 1 spiro atoms. The normalized spacial score (nSPS) is 18.2. The van der Waals surface area contributed by atoms with Crippen LogP contribution in [0.2, 0.25) is 0 Å². The average Bonchev–Trinajstić information content (AvgIpc) is 3.51. The van der Waals surface area contributed by atoms with Crippen LogP contribution in [0.1, 0.15) is 41.6 Å². The van der Waals surface area contributed by atoms with Gasteiger partial charge >= 0.3 is 5.97 Å². The number of ether oxygens (including phenoxy) is 1. The summed E-state index contributed by atoms with van der Waals surface area (Å²) >= 11 is 0. The maximum Gasteiger partial charge on any atom is 0.337 e. The van der Waals surface area contributed by atoms with E-state index in [1.165, 1.54) is 12.8 Å². The summed E-state index contributed by atoms with van der Waals surface area (Å²) in [6, 6.07) is 15.0. The van der Waals surface area contributed by atoms with Gasteiger partial charge in [0, 0.05) is 18.8 Å². The maximum atomic E-state index is 12.4. The van der Waals surface area contributed by atoms with Crippen molar-refractivity contribution in [3.8, 4) is 0 Å². The average molecular weight is 429 g/mol. The number of rotatable bonds is 9. The van der Waals surface area contributed by atoms with E-state index < -0.39 is 17.0 Å². The molecule has 7 heteroatoms. The molecule has 1 saturated carbocycles. The van der Waals surface area contributed by atoms with Crippen LogP contribution in [0.15, 0.2) is 48.5 Å². The first-order valence-corrected chi connectivity index (χ1v) is 11.8. The molecule has 2 N–H and O–H groups in total. The van der Waals surface area contributed by atoms with E-state index in [-0.39, 0.29) is 0 Å². The van der Waals surface area contributed by atoms with Crippen LogP contribution in [0, 0.1) is 5.41 Å². The lowest BCUT2D eigenvalue weighted by Gasteiger charge is -2.34. The molecule has 1 heterocycles. The topological polar surface area (TPSA) is 78.9 Å². The van der Waals surface area contributed by atoms with E-state index in [1.807, 2.05) is 36.4 Å². The van der Waals surface area contributed by atoms with Gasteiger partial charge in [-0.1, -0.05) is 30.3 Å². The lowest BCUT2D eigenvalue weighted by atomic mass is 9.93. The summed E-state index contributed by atoms with van der Waals surface area (Å²) in [5.41, 5.74) is 3.28. The molecule has 30 heavy (non-hydrogen) atoms. The van der Waals surface area contributed by atoms with Crippen molar-refractivity contribution in [2.24, 2.45) is 5.41 Å². The van der Waals surface area contributed by atoms with E-state index in [0.717, 1.165) is 31.5 Å². The molecule has 2 fully saturated rings. The Morgan fingerprint density at radius 3 is 2.50 bits per heavy atom. The minimum Gasteiger partial charge on any atom is -0.478 e. The molecule has 0 radical (unpaired) electrons. The third kappa shape index (κ3) is 5.21. The number of carbonyl (C=O) groups is 1. The van der Waals surface area contributed by atoms with Crippen LogP contribution < -0.4 is 9.62 Å². The Morgan fingerprint density at radius 2 is 1.83 bits per heavy atom. The molecule has 1 aliphatic carbocycles. The minimum atomic E-state index is -1.30. The standard InChI is InChI=1S/C23H28N2O4S/c26-22(27)20-7-6-19(16-21(20)25-12-10-23(8-9-23)11-13-25)24-30(28)15-14-29-17-18-4-2-1-3-5-18/h1-7,16,24H,8-15,17H2,(H,26,27). The van der Waals surface area contributed by atoms with Crippen LogP contribution in [0.4, 0.5) is 11.4 Å². The van der Waals surface area contributed by atoms with Crippen LogP contribution in [0.25, 0.3) is 0 Å². The lowest BCUT2D eigenvalue weighted by Crippen LogP contribution is -2.35. The fourth-order valence-electron chi connectivity index (χ4n) is 4.02. The summed E-state index contributed by atoms with van der Waals surface area (Å²) in [6.45, 7) is 2.62. The predicted octanol–water partition coefficient (Wildman–Crippen LogP) is 4.06. The molecule has 4 rings (SSSR count). The zero-order valence-electron chi connectivity index (χ0n) is 17.0. The number of hydrogen-bond acceptors (Lipinski definition) is 4. The third-order valence-electron chi connectivity index (χ3n) is 6.11. The molecular weight excluding hydrogens is 400 g/mol. The van der Waals surface area contributed by atoms with Crippen LogP contribution in [0.5, 0.6) is 0 Å². The molecule has 2 aromatic carbocycles. The number of hydrogen-bond donors (Lipinski definition) is 2. The van der Waals surface area contributed by atoms with Gasteiger partial charge < -0.3 is 19.5 Å². The fraction of sp³-hybridized carbons (Fsp3) is 0.435. The monoisotopic (exact) mass is 428 g/mol. The molecule has 2 aromatic rings. The summed E-state index contributed by atoms with van der Waals surface area (Å²) in [5.74, 6) is -0.576. The highest BCUT2D eigenvalue weighted by Crippen LogP contribution is 2.54. The summed E-state index contributed by atoms with van der Waals surface area (Å²) in [4.78, 5) is 13.9. The van der Waals surface area contributed by atoms with Crippen molar-refractivity contribution in [3.05, 3.63) is 59.7 Å². The Morgan fingerprint density at radius 1 is 1.10 bits per heavy atom. The SMILES string of the molecule is O=C(O)c1ccc(NS(=O)CCOCc2ccccc2)cc1N1CCC2(CC1)CC2. The third-order valence-corrected chi connectivity index (χ3v) is 7.11. The molecule has 1 aliphatic heterocycles. The molecule has 0 bridgehead atoms. The van der Waals surface area contributed by atoms with Crippen molar-refractivity contribution in [1.29, 1.82) is 0 Å². The molecule has 0 amide bonds. The first kappa shape index (κ1) is 20.9. The van der Waals surface area contributed by atoms with Crippen LogP contribution in [-0.2, 0) is 22.3 Å². The number of nitrogens with zero attached hydrogens (tertiary/aromatic N) is 1. The Bertz CT molecular complexity index is 905. The first-order valence-electron chi connectivity index (χ1n) is 10.4. The van der Waals surface area contributed by atoms with Crippen molar-refractivity contribution >= 4 is 28.3 Å². The zero-order valence-corrected chi connectivity index (χ0v) is 17.8. The van der Waals surface area contributed by atoms with Gasteiger partial charge in [0.15, 0.2) is 0 Å². The molecule has 1 unspecified atom stereocenters. The van der Waals surface area contributed by atoms with Gasteiger partial charge in [-0.3, -0.25) is 0 Å². The van der Waals surface area contributed by atoms with Gasteiger partial charge in [0.05, 0.1) is 30.2 Å². The largest absolute Gasteiger partial charge is 0.478 e. The molecule has 0 aromatic heterocycles. The van der Waals surface area contributed by atoms with E-state index in [9.17, 15) is 14.1 Å². The zero-order chi connectivity index (χ0) is 21.0. The summed E-state index contributed by atoms with van der Waals surface area (Å²) in [7, 11) is -1.30. The molecule has 2 aliphatic rings. The second-order valence-electron chi connectivity index (χ2n) is 8.21. The number of nitrogens with one attached hydrogen (secondary N) is 1. The summed E-state index contributed by atoms with van der Waals surface area (Å²) in [5, 5.41) is 9.60. The highest BCUT2D eigenvalue weighted by molar-refractivity contribution is 7.86. The van der Waals surface area contributed by atoms with E-state index in [4.69, 9.17) is 4.74 Å². The van der Waals surface area contributed by atoms with Gasteiger partial charge in [-0.2, -0.15) is 0 Å². The highest BCUT2D eigenvalue weighted by Gasteiger charge is 2.44. The maximum absolute atomic E-state index is 12.4. The van der Waals surface area contributed by atoms with Crippen molar-refractivity contribution < 1.29 is 18.8 Å². The van der Waals surface area contributed by atoms with Gasteiger partial charge in [-0.25, -0.2) is 9.00 Å². The van der Waals surface area contributed by atoms with Gasteiger partial charge in [0.1, 0.15) is 11.0 Å². The van der Waals surface area contributed by atoms with Gasteiger partial charge in [-0.15, -0.1) is 0 Å². The Hall–Kier alpha value is -2.38. The van der Waals surface area contributed by atoms with E-state index >= 15 is 0 Å². The summed E-state index contributed by atoms with van der Waals surface area (Å²) in [6.07, 6.45) is 4.85. The van der Waals surface area contributed by atoms with E-state index in [0.29, 0.717) is 41.3 Å². The predicted molar refractivity (Wildman–Crippen MR) is 119 cm³/mol. The van der Waals surface area contributed by atoms with Crippen molar-refractivity contribution in [2.75, 3.05) is 35.1 Å². The molecule has 160 valence electrons. The number of benzene rings is 2. The van der Waals surface area contributed by atoms with Crippen molar-refractivity contribution in [2.45, 2.75) is 32.3 Å². The molecule has 6 nitrogen and oxygen atoms in total. The van der Waals surface area contributed by atoms with Crippen molar-refractivity contribution in [3.63, 3.8) is 0 Å². The van der Waals surface area contributed by atoms with Crippen LogP contribution >= 0.6 is 0 Å². The first-order chi connectivity index (χ1) is 14.5. The fourth-order valence-corrected chi connectivity index (χ4v) is 4.78. The van der Waals surface area contributed by atoms with Gasteiger partial charge in [-0.05, 0) is 54.9 Å². The highest BCUT2D eigenvalue weighted by atomic mass is 32.2. The number of aromatic carboxylic acids is 1. The second kappa shape index (κ2) is 9.18. The quantitative estimate of drug-likeness (QED) is 0.589.